The average Bonchev–Trinajstić information content (AvgIpc) is 2.50. The Kier molecular flexibility index (Phi) is 1.86. The fraction of sp³-hybridized carbons (Fsp3) is 0.250. The molecule has 1 aliphatic heterocycles. The molecule has 0 spiro atoms. The van der Waals surface area contributed by atoms with Crippen LogP contribution in [0.3, 0.4) is 0 Å². The first-order valence-electron chi connectivity index (χ1n) is 3.36. The van der Waals surface area contributed by atoms with E-state index in [2.05, 4.69) is 6.07 Å². The van der Waals surface area contributed by atoms with Crippen LogP contribution >= 0.6 is 0 Å². The summed E-state index contributed by atoms with van der Waals surface area (Å²) in [5, 5.41) is 0. The van der Waals surface area contributed by atoms with Gasteiger partial charge in [-0.2, -0.15) is 0 Å². The normalized spacial score (nSPS) is 14.6. The van der Waals surface area contributed by atoms with Crippen LogP contribution < -0.4 is 9.20 Å². The van der Waals surface area contributed by atoms with Gasteiger partial charge in [-0.1, -0.05) is 0 Å². The van der Waals surface area contributed by atoms with Gasteiger partial charge in [0, 0.05) is 0 Å². The second-order valence-electron chi connectivity index (χ2n) is 2.32. The molecule has 1 aromatic rings. The van der Waals surface area contributed by atoms with Crippen LogP contribution in [-0.2, 0) is 10.4 Å². The number of rotatable bonds is 1. The minimum atomic E-state index is 0.238. The van der Waals surface area contributed by atoms with Gasteiger partial charge in [0.15, 0.2) is 0 Å². The third kappa shape index (κ3) is 1.27. The van der Waals surface area contributed by atoms with Crippen molar-refractivity contribution in [2.75, 3.05) is 7.11 Å². The van der Waals surface area contributed by atoms with E-state index in [-0.39, 0.29) is 15.3 Å². The predicted octanol–water partition coefficient (Wildman–Crippen LogP) is 0.470. The third-order valence-electron chi connectivity index (χ3n) is 1.63. The van der Waals surface area contributed by atoms with Gasteiger partial charge in [0.05, 0.1) is 0 Å². The summed E-state index contributed by atoms with van der Waals surface area (Å²) in [5.41, 5.74) is 1.28. The predicted molar refractivity (Wildman–Crippen MR) is 43.2 cm³/mol. The molecule has 0 amide bonds. The molecule has 0 atom stereocenters. The fourth-order valence-corrected chi connectivity index (χ4v) is 2.42. The monoisotopic (exact) mass is 216 g/mol. The summed E-state index contributed by atoms with van der Waals surface area (Å²) in [7, 11) is 1.68. The van der Waals surface area contributed by atoms with Crippen LogP contribution in [0.4, 0.5) is 0 Å². The van der Waals surface area contributed by atoms with Crippen LogP contribution in [-0.4, -0.2) is 22.4 Å². The van der Waals surface area contributed by atoms with Gasteiger partial charge in [0.1, 0.15) is 0 Å². The van der Waals surface area contributed by atoms with E-state index in [0.717, 1.165) is 12.4 Å². The van der Waals surface area contributed by atoms with Crippen molar-refractivity contribution >= 4 is 19.7 Å². The maximum absolute atomic E-state index is 5.32. The molecule has 1 aliphatic rings. The summed E-state index contributed by atoms with van der Waals surface area (Å²) in [6.45, 7) is 0.756. The summed E-state index contributed by atoms with van der Waals surface area (Å²) in [4.78, 5) is 0. The summed E-state index contributed by atoms with van der Waals surface area (Å²) in [5.74, 6) is 0.921. The van der Waals surface area contributed by atoms with Crippen molar-refractivity contribution < 1.29 is 8.56 Å². The Morgan fingerprint density at radius 3 is 3.27 bits per heavy atom. The van der Waals surface area contributed by atoms with Crippen LogP contribution in [0.25, 0.3) is 0 Å². The van der Waals surface area contributed by atoms with E-state index in [4.69, 9.17) is 8.56 Å². The number of benzene rings is 1. The summed E-state index contributed by atoms with van der Waals surface area (Å²) < 4.78 is 11.8. The van der Waals surface area contributed by atoms with E-state index in [0.29, 0.717) is 0 Å². The molecule has 0 aliphatic carbocycles. The van der Waals surface area contributed by atoms with E-state index in [1.165, 1.54) is 10.0 Å². The Morgan fingerprint density at radius 2 is 2.45 bits per heavy atom. The molecule has 0 saturated carbocycles. The van der Waals surface area contributed by atoms with Gasteiger partial charge >= 0.3 is 71.5 Å². The van der Waals surface area contributed by atoms with E-state index in [9.17, 15) is 0 Å². The Bertz CT molecular complexity index is 273. The van der Waals surface area contributed by atoms with E-state index in [1.807, 2.05) is 12.1 Å². The maximum atomic E-state index is 5.32. The first-order chi connectivity index (χ1) is 5.40. The number of hydrogen-bond acceptors (Lipinski definition) is 2. The second kappa shape index (κ2) is 2.86. The van der Waals surface area contributed by atoms with Gasteiger partial charge in [-0.25, -0.2) is 0 Å². The zero-order valence-electron chi connectivity index (χ0n) is 6.16. The number of methoxy groups -OCH3 is 1. The number of hydrogen-bond donors (Lipinski definition) is 0. The van der Waals surface area contributed by atoms with E-state index >= 15 is 0 Å². The van der Waals surface area contributed by atoms with E-state index < -0.39 is 0 Å². The first-order valence-corrected chi connectivity index (χ1v) is 4.92. The summed E-state index contributed by atoms with van der Waals surface area (Å²) in [6.07, 6.45) is 0. The molecular formula is C8H8O2Se. The molecule has 1 aromatic carbocycles. The van der Waals surface area contributed by atoms with Gasteiger partial charge in [0.25, 0.3) is 0 Å². The average molecular weight is 215 g/mol. The number of ether oxygens (including phenoxy) is 1. The van der Waals surface area contributed by atoms with Crippen molar-refractivity contribution in [2.24, 2.45) is 0 Å². The Hall–Kier alpha value is -0.501. The second-order valence-corrected chi connectivity index (χ2v) is 4.09. The van der Waals surface area contributed by atoms with Crippen LogP contribution in [0.1, 0.15) is 5.56 Å². The Balaban J connectivity index is 2.41. The molecule has 2 rings (SSSR count). The quantitative estimate of drug-likeness (QED) is 0.634. The molecule has 0 saturated heterocycles. The molecule has 11 heavy (non-hydrogen) atoms. The van der Waals surface area contributed by atoms with Gasteiger partial charge in [0.2, 0.25) is 0 Å². The fourth-order valence-electron chi connectivity index (χ4n) is 1.03. The van der Waals surface area contributed by atoms with Crippen LogP contribution in [0.15, 0.2) is 18.2 Å². The Labute approximate surface area is 72.0 Å². The van der Waals surface area contributed by atoms with E-state index in [1.54, 1.807) is 7.11 Å². The molecule has 0 bridgehead atoms. The van der Waals surface area contributed by atoms with Crippen molar-refractivity contribution in [2.45, 2.75) is 6.61 Å². The van der Waals surface area contributed by atoms with Crippen molar-refractivity contribution in [1.82, 2.24) is 0 Å². The van der Waals surface area contributed by atoms with Gasteiger partial charge in [-0.3, -0.25) is 0 Å². The number of fused-ring (bicyclic) bond motifs is 1. The zero-order valence-corrected chi connectivity index (χ0v) is 7.88. The van der Waals surface area contributed by atoms with Crippen molar-refractivity contribution in [1.29, 1.82) is 0 Å². The molecule has 0 fully saturated rings. The molecule has 0 radical (unpaired) electrons. The molecule has 3 heteroatoms. The minimum absolute atomic E-state index is 0.238. The zero-order chi connectivity index (χ0) is 7.68. The Morgan fingerprint density at radius 1 is 1.55 bits per heavy atom. The van der Waals surface area contributed by atoms with Gasteiger partial charge in [-0.05, 0) is 0 Å². The molecule has 0 unspecified atom stereocenters. The van der Waals surface area contributed by atoms with Crippen LogP contribution in [0, 0.1) is 0 Å². The molecule has 0 N–H and O–H groups in total. The summed E-state index contributed by atoms with van der Waals surface area (Å²) in [6, 6.07) is 6.11. The van der Waals surface area contributed by atoms with Crippen molar-refractivity contribution in [3.05, 3.63) is 23.8 Å². The molecular weight excluding hydrogens is 207 g/mol. The van der Waals surface area contributed by atoms with Crippen LogP contribution in [0.2, 0.25) is 0 Å². The molecule has 58 valence electrons. The van der Waals surface area contributed by atoms with Gasteiger partial charge in [-0.15, -0.1) is 0 Å². The summed E-state index contributed by atoms with van der Waals surface area (Å²) >= 11 is 0.238. The standard InChI is InChI=1S/C8H8O2Se/c1-9-7-2-3-8-6(4-7)5-10-11-8/h2-4H,5H2,1H3. The molecule has 0 aromatic heterocycles. The first kappa shape index (κ1) is 7.16. The molecule has 2 nitrogen and oxygen atoms in total. The van der Waals surface area contributed by atoms with Gasteiger partial charge < -0.3 is 0 Å². The SMILES string of the molecule is COc1ccc2c(c1)CO[Se]2. The van der Waals surface area contributed by atoms with Crippen LogP contribution in [0.5, 0.6) is 5.75 Å². The topological polar surface area (TPSA) is 18.5 Å². The molecule has 1 heterocycles. The third-order valence-corrected chi connectivity index (χ3v) is 3.34. The van der Waals surface area contributed by atoms with Crippen molar-refractivity contribution in [3.8, 4) is 5.75 Å². The van der Waals surface area contributed by atoms with Crippen molar-refractivity contribution in [3.63, 3.8) is 0 Å².